The van der Waals surface area contributed by atoms with Crippen LogP contribution in [0.1, 0.15) is 23.2 Å². The Hall–Kier alpha value is -2.04. The highest BCUT2D eigenvalue weighted by Crippen LogP contribution is 2.28. The zero-order valence-corrected chi connectivity index (χ0v) is 10.5. The third-order valence-electron chi connectivity index (χ3n) is 3.96. The molecule has 100 valence electrons. The van der Waals surface area contributed by atoms with E-state index in [9.17, 15) is 14.7 Å². The molecule has 0 radical (unpaired) electrons. The van der Waals surface area contributed by atoms with Gasteiger partial charge in [-0.3, -0.25) is 9.59 Å². The molecule has 2 aliphatic heterocycles. The van der Waals surface area contributed by atoms with Crippen molar-refractivity contribution in [2.24, 2.45) is 5.92 Å². The second-order valence-corrected chi connectivity index (χ2v) is 5.11. The molecule has 2 amide bonds. The van der Waals surface area contributed by atoms with Crippen LogP contribution in [-0.2, 0) is 4.79 Å². The molecule has 0 aliphatic carbocycles. The highest BCUT2D eigenvalue weighted by Gasteiger charge is 2.42. The van der Waals surface area contributed by atoms with E-state index in [4.69, 9.17) is 0 Å². The lowest BCUT2D eigenvalue weighted by atomic mass is 9.91. The lowest BCUT2D eigenvalue weighted by molar-refractivity contribution is -0.123. The maximum absolute atomic E-state index is 12.5. The predicted octanol–water partition coefficient (Wildman–Crippen LogP) is 0.743. The van der Waals surface area contributed by atoms with Crippen molar-refractivity contribution in [2.75, 3.05) is 13.1 Å². The van der Waals surface area contributed by atoms with Gasteiger partial charge in [-0.05, 0) is 31.0 Å². The van der Waals surface area contributed by atoms with Crippen LogP contribution in [0.5, 0.6) is 5.75 Å². The molecule has 2 N–H and O–H groups in total. The standard InChI is InChI=1S/C14H16N2O3/c17-10-4-1-3-9(7-10)14(19)16-6-2-5-11-12(16)8-15-13(11)18/h1,3-4,7,11-12,17H,2,5-6,8H2,(H,15,18). The van der Waals surface area contributed by atoms with Gasteiger partial charge in [0.25, 0.3) is 5.91 Å². The van der Waals surface area contributed by atoms with E-state index >= 15 is 0 Å². The summed E-state index contributed by atoms with van der Waals surface area (Å²) in [4.78, 5) is 25.9. The van der Waals surface area contributed by atoms with Gasteiger partial charge in [-0.2, -0.15) is 0 Å². The Bertz CT molecular complexity index is 529. The number of nitrogens with zero attached hydrogens (tertiary/aromatic N) is 1. The Balaban J connectivity index is 1.85. The van der Waals surface area contributed by atoms with Crippen molar-refractivity contribution in [3.05, 3.63) is 29.8 Å². The van der Waals surface area contributed by atoms with Gasteiger partial charge in [-0.1, -0.05) is 6.07 Å². The fourth-order valence-corrected chi connectivity index (χ4v) is 3.01. The molecule has 5 nitrogen and oxygen atoms in total. The van der Waals surface area contributed by atoms with E-state index in [0.29, 0.717) is 18.7 Å². The van der Waals surface area contributed by atoms with E-state index in [2.05, 4.69) is 5.32 Å². The van der Waals surface area contributed by atoms with Crippen molar-refractivity contribution < 1.29 is 14.7 Å². The normalized spacial score (nSPS) is 25.9. The number of aromatic hydroxyl groups is 1. The molecule has 0 bridgehead atoms. The van der Waals surface area contributed by atoms with Crippen LogP contribution in [0.3, 0.4) is 0 Å². The largest absolute Gasteiger partial charge is 0.508 e. The summed E-state index contributed by atoms with van der Waals surface area (Å²) in [5.41, 5.74) is 0.472. The first-order valence-corrected chi connectivity index (χ1v) is 6.54. The number of piperidine rings is 1. The van der Waals surface area contributed by atoms with Crippen molar-refractivity contribution in [1.29, 1.82) is 0 Å². The molecule has 3 rings (SSSR count). The number of likely N-dealkylation sites (tertiary alicyclic amines) is 1. The molecule has 19 heavy (non-hydrogen) atoms. The average molecular weight is 260 g/mol. The lowest BCUT2D eigenvalue weighted by Gasteiger charge is -2.36. The van der Waals surface area contributed by atoms with E-state index < -0.39 is 0 Å². The smallest absolute Gasteiger partial charge is 0.254 e. The third kappa shape index (κ3) is 2.05. The van der Waals surface area contributed by atoms with Crippen molar-refractivity contribution in [2.45, 2.75) is 18.9 Å². The molecule has 2 atom stereocenters. The van der Waals surface area contributed by atoms with Crippen LogP contribution in [0, 0.1) is 5.92 Å². The lowest BCUT2D eigenvalue weighted by Crippen LogP contribution is -2.48. The summed E-state index contributed by atoms with van der Waals surface area (Å²) in [6, 6.07) is 6.31. The Morgan fingerprint density at radius 3 is 3.05 bits per heavy atom. The SMILES string of the molecule is O=C1NCC2C1CCCN2C(=O)c1cccc(O)c1. The van der Waals surface area contributed by atoms with Gasteiger partial charge >= 0.3 is 0 Å². The molecule has 5 heteroatoms. The summed E-state index contributed by atoms with van der Waals surface area (Å²) in [5.74, 6) is -0.0458. The fourth-order valence-electron chi connectivity index (χ4n) is 3.01. The number of fused-ring (bicyclic) bond motifs is 1. The molecule has 2 heterocycles. The maximum Gasteiger partial charge on any atom is 0.254 e. The Kier molecular flexibility index (Phi) is 2.89. The molecule has 0 saturated carbocycles. The highest BCUT2D eigenvalue weighted by atomic mass is 16.3. The van der Waals surface area contributed by atoms with Crippen LogP contribution in [-0.4, -0.2) is 41.0 Å². The zero-order valence-electron chi connectivity index (χ0n) is 10.5. The highest BCUT2D eigenvalue weighted by molar-refractivity contribution is 5.96. The van der Waals surface area contributed by atoms with Crippen molar-refractivity contribution in [3.8, 4) is 5.75 Å². The van der Waals surface area contributed by atoms with Crippen molar-refractivity contribution >= 4 is 11.8 Å². The van der Waals surface area contributed by atoms with Gasteiger partial charge in [-0.15, -0.1) is 0 Å². The fraction of sp³-hybridized carbons (Fsp3) is 0.429. The second-order valence-electron chi connectivity index (χ2n) is 5.11. The Labute approximate surface area is 111 Å². The molecular weight excluding hydrogens is 244 g/mol. The molecule has 2 unspecified atom stereocenters. The number of hydrogen-bond donors (Lipinski definition) is 2. The van der Waals surface area contributed by atoms with Crippen molar-refractivity contribution in [1.82, 2.24) is 10.2 Å². The Morgan fingerprint density at radius 2 is 2.26 bits per heavy atom. The predicted molar refractivity (Wildman–Crippen MR) is 68.7 cm³/mol. The maximum atomic E-state index is 12.5. The Morgan fingerprint density at radius 1 is 1.42 bits per heavy atom. The summed E-state index contributed by atoms with van der Waals surface area (Å²) in [6.45, 7) is 1.21. The van der Waals surface area contributed by atoms with Crippen LogP contribution in [0.2, 0.25) is 0 Å². The molecule has 1 aromatic rings. The zero-order chi connectivity index (χ0) is 13.4. The number of benzene rings is 1. The second kappa shape index (κ2) is 4.57. The summed E-state index contributed by atoms with van der Waals surface area (Å²) in [6.07, 6.45) is 1.69. The van der Waals surface area contributed by atoms with Gasteiger partial charge < -0.3 is 15.3 Å². The molecule has 2 fully saturated rings. The monoisotopic (exact) mass is 260 g/mol. The number of hydrogen-bond acceptors (Lipinski definition) is 3. The number of carbonyl (C=O) groups is 2. The van der Waals surface area contributed by atoms with Crippen LogP contribution in [0.4, 0.5) is 0 Å². The molecule has 1 aromatic carbocycles. The summed E-state index contributed by atoms with van der Waals surface area (Å²) < 4.78 is 0. The minimum absolute atomic E-state index is 0.0453. The number of amides is 2. The van der Waals surface area contributed by atoms with E-state index in [1.807, 2.05) is 0 Å². The first kappa shape index (κ1) is 12.0. The molecule has 0 spiro atoms. The molecule has 2 aliphatic rings. The van der Waals surface area contributed by atoms with Crippen LogP contribution in [0.25, 0.3) is 0 Å². The number of carbonyl (C=O) groups excluding carboxylic acids is 2. The topological polar surface area (TPSA) is 69.6 Å². The van der Waals surface area contributed by atoms with E-state index in [0.717, 1.165) is 12.8 Å². The minimum Gasteiger partial charge on any atom is -0.508 e. The third-order valence-corrected chi connectivity index (χ3v) is 3.96. The van der Waals surface area contributed by atoms with E-state index in [1.165, 1.54) is 12.1 Å². The van der Waals surface area contributed by atoms with Crippen LogP contribution < -0.4 is 5.32 Å². The average Bonchev–Trinajstić information content (AvgIpc) is 2.80. The number of phenols is 1. The molecule has 0 aromatic heterocycles. The van der Waals surface area contributed by atoms with Gasteiger partial charge in [0.2, 0.25) is 5.91 Å². The first-order valence-electron chi connectivity index (χ1n) is 6.54. The summed E-state index contributed by atoms with van der Waals surface area (Å²) in [5, 5.41) is 12.3. The number of phenolic OH excluding ortho intramolecular Hbond substituents is 1. The van der Waals surface area contributed by atoms with Crippen molar-refractivity contribution in [3.63, 3.8) is 0 Å². The van der Waals surface area contributed by atoms with Crippen LogP contribution >= 0.6 is 0 Å². The summed E-state index contributed by atoms with van der Waals surface area (Å²) >= 11 is 0. The quantitative estimate of drug-likeness (QED) is 0.782. The summed E-state index contributed by atoms with van der Waals surface area (Å²) in [7, 11) is 0. The minimum atomic E-state index is -0.109. The molecular formula is C14H16N2O3. The molecule has 2 saturated heterocycles. The van der Waals surface area contributed by atoms with E-state index in [-0.39, 0.29) is 29.5 Å². The number of rotatable bonds is 1. The van der Waals surface area contributed by atoms with Gasteiger partial charge in [-0.25, -0.2) is 0 Å². The first-order chi connectivity index (χ1) is 9.16. The van der Waals surface area contributed by atoms with Gasteiger partial charge in [0, 0.05) is 18.7 Å². The van der Waals surface area contributed by atoms with Gasteiger partial charge in [0.15, 0.2) is 0 Å². The van der Waals surface area contributed by atoms with Crippen LogP contribution in [0.15, 0.2) is 24.3 Å². The van der Waals surface area contributed by atoms with Gasteiger partial charge in [0.1, 0.15) is 5.75 Å². The number of nitrogens with one attached hydrogen (secondary N) is 1. The van der Waals surface area contributed by atoms with Gasteiger partial charge in [0.05, 0.1) is 12.0 Å². The van der Waals surface area contributed by atoms with E-state index in [1.54, 1.807) is 17.0 Å².